The summed E-state index contributed by atoms with van der Waals surface area (Å²) in [5, 5.41) is 2.95. The Labute approximate surface area is 103 Å². The molecule has 1 rings (SSSR count). The first-order valence-electron chi connectivity index (χ1n) is 6.16. The zero-order valence-electron chi connectivity index (χ0n) is 10.8. The third-order valence-electron chi connectivity index (χ3n) is 2.62. The molecule has 0 aromatic heterocycles. The van der Waals surface area contributed by atoms with Gasteiger partial charge < -0.3 is 10.1 Å². The fourth-order valence-electron chi connectivity index (χ4n) is 1.48. The van der Waals surface area contributed by atoms with E-state index < -0.39 is 0 Å². The van der Waals surface area contributed by atoms with Crippen LogP contribution in [0.2, 0.25) is 0 Å². The second-order valence-corrected chi connectivity index (χ2v) is 4.13. The van der Waals surface area contributed by atoms with E-state index >= 15 is 0 Å². The van der Waals surface area contributed by atoms with Crippen molar-refractivity contribution in [3.8, 4) is 5.75 Å². The van der Waals surface area contributed by atoms with E-state index in [1.807, 2.05) is 38.1 Å². The van der Waals surface area contributed by atoms with Crippen molar-refractivity contribution < 1.29 is 9.53 Å². The zero-order chi connectivity index (χ0) is 12.7. The third-order valence-corrected chi connectivity index (χ3v) is 2.62. The molecule has 0 heterocycles. The predicted molar refractivity (Wildman–Crippen MR) is 69.2 cm³/mol. The molecule has 0 aliphatic heterocycles. The Bertz CT molecular complexity index is 346. The topological polar surface area (TPSA) is 38.3 Å². The Morgan fingerprint density at radius 1 is 1.29 bits per heavy atom. The maximum atomic E-state index is 11.7. The molecule has 0 saturated heterocycles. The molecule has 1 atom stereocenters. The summed E-state index contributed by atoms with van der Waals surface area (Å²) in [6.45, 7) is 6.68. The van der Waals surface area contributed by atoms with E-state index in [-0.39, 0.29) is 11.9 Å². The van der Waals surface area contributed by atoms with Gasteiger partial charge in [0.2, 0.25) is 5.91 Å². The van der Waals surface area contributed by atoms with E-state index in [4.69, 9.17) is 4.74 Å². The molecule has 17 heavy (non-hydrogen) atoms. The van der Waals surface area contributed by atoms with Gasteiger partial charge in [0, 0.05) is 6.04 Å². The fourth-order valence-corrected chi connectivity index (χ4v) is 1.48. The summed E-state index contributed by atoms with van der Waals surface area (Å²) in [7, 11) is 0. The first-order valence-corrected chi connectivity index (χ1v) is 6.16. The molecule has 1 aromatic rings. The molecule has 3 nitrogen and oxygen atoms in total. The van der Waals surface area contributed by atoms with Gasteiger partial charge in [0.1, 0.15) is 5.75 Å². The number of amides is 1. The van der Waals surface area contributed by atoms with Crippen LogP contribution in [0.1, 0.15) is 32.8 Å². The van der Waals surface area contributed by atoms with Crippen molar-refractivity contribution in [3.63, 3.8) is 0 Å². The number of rotatable bonds is 6. The van der Waals surface area contributed by atoms with Crippen molar-refractivity contribution in [2.75, 3.05) is 6.61 Å². The van der Waals surface area contributed by atoms with Gasteiger partial charge in [0.25, 0.3) is 0 Å². The Hall–Kier alpha value is -1.51. The lowest BCUT2D eigenvalue weighted by molar-refractivity contribution is -0.121. The largest absolute Gasteiger partial charge is 0.494 e. The number of nitrogens with one attached hydrogen (secondary N) is 1. The van der Waals surface area contributed by atoms with Gasteiger partial charge >= 0.3 is 0 Å². The second kappa shape index (κ2) is 6.94. The average molecular weight is 235 g/mol. The van der Waals surface area contributed by atoms with E-state index in [9.17, 15) is 4.79 Å². The monoisotopic (exact) mass is 235 g/mol. The van der Waals surface area contributed by atoms with Gasteiger partial charge in [-0.3, -0.25) is 4.79 Å². The maximum absolute atomic E-state index is 11.7. The van der Waals surface area contributed by atoms with Crippen molar-refractivity contribution in [2.24, 2.45) is 0 Å². The predicted octanol–water partition coefficient (Wildman–Crippen LogP) is 2.54. The minimum absolute atomic E-state index is 0.0727. The molecule has 94 valence electrons. The van der Waals surface area contributed by atoms with Crippen molar-refractivity contribution in [3.05, 3.63) is 29.8 Å². The van der Waals surface area contributed by atoms with Crippen molar-refractivity contribution in [1.82, 2.24) is 5.32 Å². The standard InChI is InChI=1S/C14H21NO2/c1-4-11(3)15-14(16)10-12-6-8-13(9-7-12)17-5-2/h6-9,11H,4-5,10H2,1-3H3,(H,15,16). The molecule has 0 fully saturated rings. The summed E-state index contributed by atoms with van der Waals surface area (Å²) in [5.74, 6) is 0.919. The van der Waals surface area contributed by atoms with Gasteiger partial charge in [-0.1, -0.05) is 19.1 Å². The highest BCUT2D eigenvalue weighted by Gasteiger charge is 2.06. The van der Waals surface area contributed by atoms with E-state index in [1.54, 1.807) is 0 Å². The quantitative estimate of drug-likeness (QED) is 0.823. The van der Waals surface area contributed by atoms with Crippen LogP contribution in [-0.2, 0) is 11.2 Å². The van der Waals surface area contributed by atoms with Crippen LogP contribution in [-0.4, -0.2) is 18.6 Å². The van der Waals surface area contributed by atoms with Gasteiger partial charge in [0.05, 0.1) is 13.0 Å². The Morgan fingerprint density at radius 2 is 1.94 bits per heavy atom. The van der Waals surface area contributed by atoms with E-state index in [2.05, 4.69) is 12.2 Å². The van der Waals surface area contributed by atoms with Crippen LogP contribution in [0.15, 0.2) is 24.3 Å². The lowest BCUT2D eigenvalue weighted by atomic mass is 10.1. The lowest BCUT2D eigenvalue weighted by Crippen LogP contribution is -2.33. The first-order chi connectivity index (χ1) is 8.15. The number of ether oxygens (including phenoxy) is 1. The molecule has 0 spiro atoms. The highest BCUT2D eigenvalue weighted by molar-refractivity contribution is 5.78. The summed E-state index contributed by atoms with van der Waals surface area (Å²) in [6, 6.07) is 7.90. The molecular formula is C14H21NO2. The molecule has 1 unspecified atom stereocenters. The average Bonchev–Trinajstić information content (AvgIpc) is 2.31. The van der Waals surface area contributed by atoms with Crippen LogP contribution in [0.5, 0.6) is 5.75 Å². The second-order valence-electron chi connectivity index (χ2n) is 4.13. The van der Waals surface area contributed by atoms with E-state index in [0.717, 1.165) is 17.7 Å². The third kappa shape index (κ3) is 4.89. The summed E-state index contributed by atoms with van der Waals surface area (Å²) in [6.07, 6.45) is 1.38. The minimum atomic E-state index is 0.0727. The molecular weight excluding hydrogens is 214 g/mol. The smallest absolute Gasteiger partial charge is 0.224 e. The van der Waals surface area contributed by atoms with Gasteiger partial charge in [-0.15, -0.1) is 0 Å². The minimum Gasteiger partial charge on any atom is -0.494 e. The van der Waals surface area contributed by atoms with Gasteiger partial charge in [0.15, 0.2) is 0 Å². The summed E-state index contributed by atoms with van der Waals surface area (Å²) >= 11 is 0. The van der Waals surface area contributed by atoms with E-state index in [0.29, 0.717) is 13.0 Å². The summed E-state index contributed by atoms with van der Waals surface area (Å²) in [5.41, 5.74) is 1.01. The first kappa shape index (κ1) is 13.6. The van der Waals surface area contributed by atoms with Crippen molar-refractivity contribution >= 4 is 5.91 Å². The molecule has 0 saturated carbocycles. The molecule has 1 amide bonds. The molecule has 1 aromatic carbocycles. The highest BCUT2D eigenvalue weighted by atomic mass is 16.5. The van der Waals surface area contributed by atoms with Crippen LogP contribution >= 0.6 is 0 Å². The molecule has 0 radical (unpaired) electrons. The van der Waals surface area contributed by atoms with Gasteiger partial charge in [-0.25, -0.2) is 0 Å². The number of hydrogen-bond donors (Lipinski definition) is 1. The number of carbonyl (C=O) groups excluding carboxylic acids is 1. The summed E-state index contributed by atoms with van der Waals surface area (Å²) in [4.78, 5) is 11.7. The van der Waals surface area contributed by atoms with Crippen molar-refractivity contribution in [1.29, 1.82) is 0 Å². The van der Waals surface area contributed by atoms with Crippen molar-refractivity contribution in [2.45, 2.75) is 39.7 Å². The van der Waals surface area contributed by atoms with Crippen LogP contribution in [0.25, 0.3) is 0 Å². The SMILES string of the molecule is CCOc1ccc(CC(=O)NC(C)CC)cc1. The normalized spacial score (nSPS) is 11.9. The van der Waals surface area contributed by atoms with Gasteiger partial charge in [-0.2, -0.15) is 0 Å². The van der Waals surface area contributed by atoms with Crippen LogP contribution < -0.4 is 10.1 Å². The Kier molecular flexibility index (Phi) is 5.53. The van der Waals surface area contributed by atoms with Crippen LogP contribution in [0.4, 0.5) is 0 Å². The highest BCUT2D eigenvalue weighted by Crippen LogP contribution is 2.12. The number of carbonyl (C=O) groups is 1. The Balaban J connectivity index is 2.48. The van der Waals surface area contributed by atoms with Crippen LogP contribution in [0, 0.1) is 0 Å². The molecule has 3 heteroatoms. The number of hydrogen-bond acceptors (Lipinski definition) is 2. The molecule has 0 bridgehead atoms. The van der Waals surface area contributed by atoms with Crippen LogP contribution in [0.3, 0.4) is 0 Å². The van der Waals surface area contributed by atoms with E-state index in [1.165, 1.54) is 0 Å². The fraction of sp³-hybridized carbons (Fsp3) is 0.500. The summed E-state index contributed by atoms with van der Waals surface area (Å²) < 4.78 is 5.35. The van der Waals surface area contributed by atoms with Gasteiger partial charge in [-0.05, 0) is 38.0 Å². The zero-order valence-corrected chi connectivity index (χ0v) is 10.8. The maximum Gasteiger partial charge on any atom is 0.224 e. The Morgan fingerprint density at radius 3 is 2.47 bits per heavy atom. The molecule has 0 aliphatic carbocycles. The number of benzene rings is 1. The lowest BCUT2D eigenvalue weighted by Gasteiger charge is -2.11. The molecule has 0 aliphatic rings. The molecule has 1 N–H and O–H groups in total.